The number of rotatable bonds is 5. The number of nitro groups is 1. The summed E-state index contributed by atoms with van der Waals surface area (Å²) in [6.45, 7) is 3.54. The van der Waals surface area contributed by atoms with E-state index < -0.39 is 0 Å². The van der Waals surface area contributed by atoms with E-state index in [9.17, 15) is 10.1 Å². The van der Waals surface area contributed by atoms with E-state index in [0.717, 1.165) is 25.8 Å². The molecule has 20 heavy (non-hydrogen) atoms. The molecule has 0 radical (unpaired) electrons. The van der Waals surface area contributed by atoms with Crippen molar-refractivity contribution >= 4 is 11.4 Å². The highest BCUT2D eigenvalue weighted by Crippen LogP contribution is 2.39. The molecule has 0 bridgehead atoms. The van der Waals surface area contributed by atoms with Crippen molar-refractivity contribution in [1.29, 1.82) is 0 Å². The second-order valence-electron chi connectivity index (χ2n) is 4.89. The summed E-state index contributed by atoms with van der Waals surface area (Å²) in [5.41, 5.74) is 6.48. The molecule has 1 aliphatic heterocycles. The van der Waals surface area contributed by atoms with Gasteiger partial charge in [0.1, 0.15) is 5.69 Å². The van der Waals surface area contributed by atoms with Gasteiger partial charge < -0.3 is 15.4 Å². The average Bonchev–Trinajstić information content (AvgIpc) is 2.47. The summed E-state index contributed by atoms with van der Waals surface area (Å²) in [6.07, 6.45) is 3.14. The van der Waals surface area contributed by atoms with Crippen LogP contribution >= 0.6 is 0 Å². The van der Waals surface area contributed by atoms with Gasteiger partial charge in [0, 0.05) is 19.1 Å². The Labute approximate surface area is 118 Å². The Morgan fingerprint density at radius 2 is 2.30 bits per heavy atom. The molecular formula is C14H21N3O3. The first-order valence-electron chi connectivity index (χ1n) is 7.06. The van der Waals surface area contributed by atoms with Crippen molar-refractivity contribution in [3.63, 3.8) is 0 Å². The number of para-hydroxylation sites is 1. The van der Waals surface area contributed by atoms with Gasteiger partial charge in [-0.2, -0.15) is 0 Å². The predicted molar refractivity (Wildman–Crippen MR) is 78.3 cm³/mol. The maximum atomic E-state index is 11.4. The number of nitrogens with two attached hydrogens (primary N) is 1. The van der Waals surface area contributed by atoms with E-state index in [1.54, 1.807) is 18.2 Å². The Morgan fingerprint density at radius 3 is 2.95 bits per heavy atom. The maximum Gasteiger partial charge on any atom is 0.333 e. The van der Waals surface area contributed by atoms with Crippen LogP contribution in [0.2, 0.25) is 0 Å². The largest absolute Gasteiger partial charge is 0.487 e. The summed E-state index contributed by atoms with van der Waals surface area (Å²) in [7, 11) is 0. The molecule has 1 atom stereocenters. The third-order valence-electron chi connectivity index (χ3n) is 3.67. The average molecular weight is 279 g/mol. The second kappa shape index (κ2) is 6.56. The monoisotopic (exact) mass is 279 g/mol. The summed E-state index contributed by atoms with van der Waals surface area (Å²) < 4.78 is 5.40. The molecule has 0 spiro atoms. The lowest BCUT2D eigenvalue weighted by molar-refractivity contribution is -0.385. The molecule has 6 heteroatoms. The van der Waals surface area contributed by atoms with Crippen molar-refractivity contribution in [2.75, 3.05) is 24.6 Å². The lowest BCUT2D eigenvalue weighted by Crippen LogP contribution is -2.44. The molecule has 0 aromatic heterocycles. The number of hydrogen-bond donors (Lipinski definition) is 1. The van der Waals surface area contributed by atoms with Crippen LogP contribution in [0, 0.1) is 10.1 Å². The van der Waals surface area contributed by atoms with Crippen molar-refractivity contribution in [2.45, 2.75) is 32.2 Å². The number of nitrogens with zero attached hydrogens (tertiary/aromatic N) is 2. The molecule has 2 rings (SSSR count). The fourth-order valence-corrected chi connectivity index (χ4v) is 2.76. The molecule has 1 unspecified atom stereocenters. The predicted octanol–water partition coefficient (Wildman–Crippen LogP) is 2.31. The highest BCUT2D eigenvalue weighted by atomic mass is 16.6. The standard InChI is InChI=1S/C14H21N3O3/c1-2-20-13-8-5-7-12(14(13)17(18)19)16-9-4-3-6-11(16)10-15/h5,7-8,11H,2-4,6,9-10,15H2,1H3. The molecule has 1 aliphatic rings. The van der Waals surface area contributed by atoms with Crippen molar-refractivity contribution in [3.8, 4) is 5.75 Å². The minimum Gasteiger partial charge on any atom is -0.487 e. The van der Waals surface area contributed by atoms with Gasteiger partial charge in [-0.25, -0.2) is 0 Å². The molecule has 1 aromatic rings. The number of nitro benzene ring substituents is 1. The lowest BCUT2D eigenvalue weighted by Gasteiger charge is -2.36. The van der Waals surface area contributed by atoms with Gasteiger partial charge in [0.15, 0.2) is 5.75 Å². The molecule has 1 fully saturated rings. The molecule has 110 valence electrons. The molecule has 0 saturated carbocycles. The minimum absolute atomic E-state index is 0.0506. The summed E-state index contributed by atoms with van der Waals surface area (Å²) in [5, 5.41) is 11.4. The summed E-state index contributed by atoms with van der Waals surface area (Å²) in [6, 6.07) is 5.40. The van der Waals surface area contributed by atoms with E-state index in [4.69, 9.17) is 10.5 Å². The zero-order chi connectivity index (χ0) is 14.5. The van der Waals surface area contributed by atoms with Crippen molar-refractivity contribution in [2.24, 2.45) is 5.73 Å². The SMILES string of the molecule is CCOc1cccc(N2CCCCC2CN)c1[N+](=O)[O-]. The van der Waals surface area contributed by atoms with Crippen LogP contribution in [0.25, 0.3) is 0 Å². The van der Waals surface area contributed by atoms with Gasteiger partial charge >= 0.3 is 5.69 Å². The van der Waals surface area contributed by atoms with Crippen molar-refractivity contribution in [3.05, 3.63) is 28.3 Å². The van der Waals surface area contributed by atoms with E-state index in [2.05, 4.69) is 4.90 Å². The first kappa shape index (κ1) is 14.6. The van der Waals surface area contributed by atoms with E-state index in [0.29, 0.717) is 24.6 Å². The number of hydrogen-bond acceptors (Lipinski definition) is 5. The van der Waals surface area contributed by atoms with Gasteiger partial charge in [-0.3, -0.25) is 10.1 Å². The minimum atomic E-state index is -0.359. The number of piperidine rings is 1. The third-order valence-corrected chi connectivity index (χ3v) is 3.67. The van der Waals surface area contributed by atoms with E-state index in [1.165, 1.54) is 0 Å². The number of anilines is 1. The first-order valence-corrected chi connectivity index (χ1v) is 7.06. The summed E-state index contributed by atoms with van der Waals surface area (Å²) >= 11 is 0. The Kier molecular flexibility index (Phi) is 4.79. The van der Waals surface area contributed by atoms with Crippen LogP contribution in [0.1, 0.15) is 26.2 Å². The van der Waals surface area contributed by atoms with Gasteiger partial charge in [0.2, 0.25) is 0 Å². The van der Waals surface area contributed by atoms with Crippen LogP contribution in [0.3, 0.4) is 0 Å². The molecule has 1 saturated heterocycles. The lowest BCUT2D eigenvalue weighted by atomic mass is 10.0. The van der Waals surface area contributed by atoms with Crippen LogP contribution in [0.5, 0.6) is 5.75 Å². The first-order chi connectivity index (χ1) is 9.69. The van der Waals surface area contributed by atoms with Crippen LogP contribution in [-0.2, 0) is 0 Å². The highest BCUT2D eigenvalue weighted by molar-refractivity contribution is 5.70. The van der Waals surface area contributed by atoms with Crippen molar-refractivity contribution < 1.29 is 9.66 Å². The van der Waals surface area contributed by atoms with E-state index in [1.807, 2.05) is 6.92 Å². The molecule has 0 aliphatic carbocycles. The summed E-state index contributed by atoms with van der Waals surface area (Å²) in [4.78, 5) is 13.1. The van der Waals surface area contributed by atoms with E-state index in [-0.39, 0.29) is 16.7 Å². The van der Waals surface area contributed by atoms with Crippen LogP contribution in [-0.4, -0.2) is 30.7 Å². The summed E-state index contributed by atoms with van der Waals surface area (Å²) in [5.74, 6) is 0.330. The Hall–Kier alpha value is -1.82. The third kappa shape index (κ3) is 2.85. The molecule has 1 aromatic carbocycles. The topological polar surface area (TPSA) is 81.6 Å². The van der Waals surface area contributed by atoms with E-state index >= 15 is 0 Å². The molecule has 1 heterocycles. The second-order valence-corrected chi connectivity index (χ2v) is 4.89. The maximum absolute atomic E-state index is 11.4. The van der Waals surface area contributed by atoms with Crippen LogP contribution in [0.15, 0.2) is 18.2 Å². The smallest absolute Gasteiger partial charge is 0.333 e. The molecule has 2 N–H and O–H groups in total. The Balaban J connectivity index is 2.43. The van der Waals surface area contributed by atoms with Gasteiger partial charge in [-0.15, -0.1) is 0 Å². The van der Waals surface area contributed by atoms with Crippen LogP contribution < -0.4 is 15.4 Å². The zero-order valence-electron chi connectivity index (χ0n) is 11.7. The fourth-order valence-electron chi connectivity index (χ4n) is 2.76. The van der Waals surface area contributed by atoms with Crippen molar-refractivity contribution in [1.82, 2.24) is 0 Å². The molecular weight excluding hydrogens is 258 g/mol. The Morgan fingerprint density at radius 1 is 1.50 bits per heavy atom. The number of ether oxygens (including phenoxy) is 1. The van der Waals surface area contributed by atoms with Gasteiger partial charge in [0.05, 0.1) is 11.5 Å². The Bertz CT molecular complexity index is 479. The van der Waals surface area contributed by atoms with Gasteiger partial charge in [0.25, 0.3) is 0 Å². The highest BCUT2D eigenvalue weighted by Gasteiger charge is 2.30. The fraction of sp³-hybridized carbons (Fsp3) is 0.571. The number of benzene rings is 1. The molecule has 0 amide bonds. The van der Waals surface area contributed by atoms with Gasteiger partial charge in [-0.1, -0.05) is 6.07 Å². The van der Waals surface area contributed by atoms with Crippen LogP contribution in [0.4, 0.5) is 11.4 Å². The zero-order valence-corrected chi connectivity index (χ0v) is 11.7. The van der Waals surface area contributed by atoms with Gasteiger partial charge in [-0.05, 0) is 38.3 Å². The normalized spacial score (nSPS) is 18.9. The quantitative estimate of drug-likeness (QED) is 0.660. The molecule has 6 nitrogen and oxygen atoms in total.